The molecule has 3 N–H and O–H groups in total. The van der Waals surface area contributed by atoms with E-state index in [2.05, 4.69) is 5.32 Å². The number of hydrogen-bond acceptors (Lipinski definition) is 7. The first kappa shape index (κ1) is 23.9. The monoisotopic (exact) mass is 469 g/mol. The largest absolute Gasteiger partial charge is 0.446 e. The molecule has 1 unspecified atom stereocenters. The molecule has 9 nitrogen and oxygen atoms in total. The molecule has 3 rings (SSSR count). The Morgan fingerprint density at radius 2 is 1.79 bits per heavy atom. The fraction of sp³-hybridized carbons (Fsp3) is 0.130. The lowest BCUT2D eigenvalue weighted by atomic mass is 10.2. The molecule has 1 atom stereocenters. The van der Waals surface area contributed by atoms with Crippen molar-refractivity contribution < 1.29 is 27.8 Å². The smallest absolute Gasteiger partial charge is 0.264 e. The number of hydrogen-bond donors (Lipinski definition) is 3. The number of carbonyl (C=O) groups excluding carboxylic acids is 1. The number of anilines is 2. The molecule has 0 aromatic heterocycles. The van der Waals surface area contributed by atoms with Gasteiger partial charge in [-0.15, -0.1) is 0 Å². The van der Waals surface area contributed by atoms with E-state index < -0.39 is 28.8 Å². The summed E-state index contributed by atoms with van der Waals surface area (Å²) in [5.41, 5.74) is 1.13. The van der Waals surface area contributed by atoms with Crippen molar-refractivity contribution in [1.29, 1.82) is 5.41 Å². The molecule has 0 aliphatic heterocycles. The molecule has 3 aromatic carbocycles. The highest BCUT2D eigenvalue weighted by atomic mass is 32.2. The van der Waals surface area contributed by atoms with Crippen LogP contribution in [0.15, 0.2) is 83.8 Å². The molecule has 0 aliphatic carbocycles. The second kappa shape index (κ2) is 10.7. The number of methoxy groups -OCH3 is 1. The Balaban J connectivity index is 1.89. The summed E-state index contributed by atoms with van der Waals surface area (Å²) in [5.74, 6) is -0.323. The number of rotatable bonds is 10. The third-order valence-corrected chi connectivity index (χ3v) is 6.41. The minimum Gasteiger partial charge on any atom is -0.446 e. The van der Waals surface area contributed by atoms with E-state index in [1.807, 2.05) is 0 Å². The Kier molecular flexibility index (Phi) is 7.78. The highest BCUT2D eigenvalue weighted by Gasteiger charge is 2.27. The van der Waals surface area contributed by atoms with Crippen molar-refractivity contribution in [2.45, 2.75) is 11.2 Å². The highest BCUT2D eigenvalue weighted by Crippen LogP contribution is 2.27. The van der Waals surface area contributed by atoms with Gasteiger partial charge in [0.2, 0.25) is 5.91 Å². The first-order valence-electron chi connectivity index (χ1n) is 9.79. The van der Waals surface area contributed by atoms with Gasteiger partial charge in [-0.25, -0.2) is 8.42 Å². The molecule has 0 bridgehead atoms. The highest BCUT2D eigenvalue weighted by molar-refractivity contribution is 7.92. The molecule has 0 heterocycles. The van der Waals surface area contributed by atoms with E-state index in [4.69, 9.17) is 14.9 Å². The third-order valence-electron chi connectivity index (χ3n) is 4.62. The van der Waals surface area contributed by atoms with E-state index in [9.17, 15) is 18.3 Å². The number of aliphatic hydroxyl groups excluding tert-OH is 1. The lowest BCUT2D eigenvalue weighted by Gasteiger charge is -2.24. The van der Waals surface area contributed by atoms with Crippen LogP contribution in [0.5, 0.6) is 5.75 Å². The summed E-state index contributed by atoms with van der Waals surface area (Å²) in [6.45, 7) is -0.506. The minimum absolute atomic E-state index is 0.0223. The zero-order chi connectivity index (χ0) is 23.8. The predicted molar refractivity (Wildman–Crippen MR) is 124 cm³/mol. The molecular weight excluding hydrogens is 446 g/mol. The van der Waals surface area contributed by atoms with Crippen LogP contribution in [0.4, 0.5) is 11.4 Å². The maximum atomic E-state index is 13.4. The number of aliphatic hydroxyl groups is 1. The SMILES string of the molecule is COC(O)c1ccc(NC(=O)CN(c2cccc(OC=N)c2)S(=O)(=O)c2ccccc2)cc1. The van der Waals surface area contributed by atoms with Crippen LogP contribution < -0.4 is 14.4 Å². The summed E-state index contributed by atoms with van der Waals surface area (Å²) < 4.78 is 37.6. The molecule has 0 fully saturated rings. The molecule has 172 valence electrons. The van der Waals surface area contributed by atoms with Gasteiger partial charge in [-0.2, -0.15) is 0 Å². The van der Waals surface area contributed by atoms with Crippen LogP contribution in [0.25, 0.3) is 0 Å². The van der Waals surface area contributed by atoms with E-state index in [1.165, 1.54) is 31.4 Å². The number of ether oxygens (including phenoxy) is 2. The van der Waals surface area contributed by atoms with Gasteiger partial charge in [0.15, 0.2) is 12.7 Å². The number of benzene rings is 3. The molecule has 10 heteroatoms. The van der Waals surface area contributed by atoms with Gasteiger partial charge < -0.3 is 19.9 Å². The van der Waals surface area contributed by atoms with Crippen molar-refractivity contribution in [1.82, 2.24) is 0 Å². The quantitative estimate of drug-likeness (QED) is 0.238. The van der Waals surface area contributed by atoms with Crippen molar-refractivity contribution in [2.75, 3.05) is 23.3 Å². The first-order valence-corrected chi connectivity index (χ1v) is 11.2. The van der Waals surface area contributed by atoms with Gasteiger partial charge in [0.1, 0.15) is 12.3 Å². The summed E-state index contributed by atoms with van der Waals surface area (Å²) >= 11 is 0. The first-order chi connectivity index (χ1) is 15.8. The van der Waals surface area contributed by atoms with Gasteiger partial charge >= 0.3 is 0 Å². The zero-order valence-electron chi connectivity index (χ0n) is 17.7. The average molecular weight is 470 g/mol. The van der Waals surface area contributed by atoms with Crippen molar-refractivity contribution >= 4 is 33.7 Å². The molecule has 0 radical (unpaired) electrons. The zero-order valence-corrected chi connectivity index (χ0v) is 18.5. The van der Waals surface area contributed by atoms with E-state index in [0.717, 1.165) is 10.7 Å². The minimum atomic E-state index is -4.08. The van der Waals surface area contributed by atoms with E-state index in [-0.39, 0.29) is 16.3 Å². The van der Waals surface area contributed by atoms with Crippen LogP contribution in [0.3, 0.4) is 0 Å². The van der Waals surface area contributed by atoms with Crippen LogP contribution in [-0.4, -0.2) is 39.5 Å². The summed E-state index contributed by atoms with van der Waals surface area (Å²) in [4.78, 5) is 12.8. The summed E-state index contributed by atoms with van der Waals surface area (Å²) in [5, 5.41) is 19.5. The predicted octanol–water partition coefficient (Wildman–Crippen LogP) is 3.14. The summed E-state index contributed by atoms with van der Waals surface area (Å²) in [7, 11) is -2.72. The van der Waals surface area contributed by atoms with E-state index in [1.54, 1.807) is 54.6 Å². The number of nitrogens with zero attached hydrogens (tertiary/aromatic N) is 1. The number of nitrogens with one attached hydrogen (secondary N) is 2. The Bertz CT molecular complexity index is 1200. The van der Waals surface area contributed by atoms with Crippen LogP contribution >= 0.6 is 0 Å². The second-order valence-corrected chi connectivity index (χ2v) is 8.68. The number of carbonyl (C=O) groups is 1. The van der Waals surface area contributed by atoms with Gasteiger partial charge in [-0.1, -0.05) is 36.4 Å². The fourth-order valence-corrected chi connectivity index (χ4v) is 4.45. The molecule has 0 saturated carbocycles. The third kappa shape index (κ3) is 5.95. The van der Waals surface area contributed by atoms with Gasteiger partial charge in [-0.3, -0.25) is 14.5 Å². The van der Waals surface area contributed by atoms with E-state index >= 15 is 0 Å². The summed E-state index contributed by atoms with van der Waals surface area (Å²) in [6.07, 6.45) is -0.358. The van der Waals surface area contributed by atoms with Gasteiger partial charge in [-0.05, 0) is 36.4 Å². The normalized spacial score (nSPS) is 11.9. The second-order valence-electron chi connectivity index (χ2n) is 6.82. The molecule has 3 aromatic rings. The maximum Gasteiger partial charge on any atom is 0.264 e. The summed E-state index contributed by atoms with van der Waals surface area (Å²) in [6, 6.07) is 20.2. The lowest BCUT2D eigenvalue weighted by molar-refractivity contribution is -0.114. The van der Waals surface area contributed by atoms with Crippen molar-refractivity contribution in [3.63, 3.8) is 0 Å². The standard InChI is InChI=1S/C23H23N3O6S/c1-31-23(28)17-10-12-18(13-11-17)25-22(27)15-26(19-6-5-7-20(14-19)32-16-24)33(29,30)21-8-3-2-4-9-21/h2-14,16,23-24,28H,15H2,1H3,(H,25,27). The fourth-order valence-electron chi connectivity index (χ4n) is 3.01. The molecular formula is C23H23N3O6S. The van der Waals surface area contributed by atoms with Crippen LogP contribution in [0.1, 0.15) is 11.9 Å². The molecule has 33 heavy (non-hydrogen) atoms. The molecule has 0 aliphatic rings. The molecule has 0 spiro atoms. The van der Waals surface area contributed by atoms with Crippen LogP contribution in [-0.2, 0) is 19.6 Å². The Labute approximate surface area is 191 Å². The van der Waals surface area contributed by atoms with Gasteiger partial charge in [0.05, 0.1) is 10.6 Å². The Morgan fingerprint density at radius 3 is 2.42 bits per heavy atom. The maximum absolute atomic E-state index is 13.4. The van der Waals surface area contributed by atoms with Crippen molar-refractivity contribution in [3.05, 3.63) is 84.4 Å². The van der Waals surface area contributed by atoms with Crippen molar-refractivity contribution in [3.8, 4) is 5.75 Å². The number of sulfonamides is 1. The molecule has 0 saturated heterocycles. The van der Waals surface area contributed by atoms with Gasteiger partial charge in [0, 0.05) is 24.4 Å². The Morgan fingerprint density at radius 1 is 1.09 bits per heavy atom. The topological polar surface area (TPSA) is 129 Å². The average Bonchev–Trinajstić information content (AvgIpc) is 2.83. The lowest BCUT2D eigenvalue weighted by Crippen LogP contribution is -2.38. The van der Waals surface area contributed by atoms with Gasteiger partial charge in [0.25, 0.3) is 10.0 Å². The molecule has 1 amide bonds. The van der Waals surface area contributed by atoms with Crippen molar-refractivity contribution in [2.24, 2.45) is 0 Å². The van der Waals surface area contributed by atoms with Crippen LogP contribution in [0.2, 0.25) is 0 Å². The Hall–Kier alpha value is -3.73. The number of amides is 1. The van der Waals surface area contributed by atoms with E-state index in [0.29, 0.717) is 11.3 Å². The van der Waals surface area contributed by atoms with Crippen LogP contribution in [0, 0.1) is 5.41 Å².